The maximum Gasteiger partial charge on any atom is 0.0601 e. The van der Waals surface area contributed by atoms with Crippen LogP contribution in [0.3, 0.4) is 0 Å². The predicted octanol–water partition coefficient (Wildman–Crippen LogP) is 1.91. The third-order valence-corrected chi connectivity index (χ3v) is 3.71. The van der Waals surface area contributed by atoms with Crippen LogP contribution in [-0.2, 0) is 4.74 Å². The molecule has 1 aliphatic carbocycles. The summed E-state index contributed by atoms with van der Waals surface area (Å²) in [4.78, 5) is 0. The van der Waals surface area contributed by atoms with Crippen molar-refractivity contribution in [3.05, 3.63) is 0 Å². The van der Waals surface area contributed by atoms with Crippen molar-refractivity contribution >= 4 is 0 Å². The Kier molecular flexibility index (Phi) is 5.73. The van der Waals surface area contributed by atoms with E-state index in [2.05, 4.69) is 19.2 Å². The number of hydrogen-bond donors (Lipinski definition) is 2. The fourth-order valence-electron chi connectivity index (χ4n) is 2.31. The average Bonchev–Trinajstić information content (AvgIpc) is 2.14. The second-order valence-corrected chi connectivity index (χ2v) is 5.79. The average molecular weight is 228 g/mol. The molecule has 3 heteroatoms. The minimum Gasteiger partial charge on any atom is -0.381 e. The van der Waals surface area contributed by atoms with Crippen molar-refractivity contribution in [3.63, 3.8) is 0 Å². The van der Waals surface area contributed by atoms with E-state index < -0.39 is 0 Å². The Labute approximate surface area is 100 Å². The van der Waals surface area contributed by atoms with Crippen molar-refractivity contribution in [2.75, 3.05) is 20.2 Å². The Balaban J connectivity index is 1.96. The lowest BCUT2D eigenvalue weighted by atomic mass is 9.84. The molecular formula is C13H28N2O. The zero-order valence-corrected chi connectivity index (χ0v) is 11.1. The van der Waals surface area contributed by atoms with Gasteiger partial charge in [-0.25, -0.2) is 0 Å². The maximum absolute atomic E-state index is 5.60. The standard InChI is InChI=1S/C13H28N2O/c1-13(2,6-7-14)5-4-8-15-11-9-12(10-11)16-3/h11-12,15H,4-10,14H2,1-3H3. The molecule has 0 heterocycles. The van der Waals surface area contributed by atoms with Crippen LogP contribution in [0.5, 0.6) is 0 Å². The van der Waals surface area contributed by atoms with Crippen LogP contribution >= 0.6 is 0 Å². The molecule has 0 spiro atoms. The topological polar surface area (TPSA) is 47.3 Å². The first-order valence-electron chi connectivity index (χ1n) is 6.53. The molecule has 16 heavy (non-hydrogen) atoms. The molecule has 0 aromatic rings. The van der Waals surface area contributed by atoms with Crippen molar-refractivity contribution in [3.8, 4) is 0 Å². The van der Waals surface area contributed by atoms with Gasteiger partial charge in [-0.3, -0.25) is 0 Å². The van der Waals surface area contributed by atoms with Gasteiger partial charge in [0.2, 0.25) is 0 Å². The summed E-state index contributed by atoms with van der Waals surface area (Å²) in [6, 6.07) is 0.697. The summed E-state index contributed by atoms with van der Waals surface area (Å²) in [7, 11) is 1.80. The molecule has 3 nitrogen and oxygen atoms in total. The number of nitrogens with two attached hydrogens (primary N) is 1. The maximum atomic E-state index is 5.60. The fraction of sp³-hybridized carbons (Fsp3) is 1.00. The quantitative estimate of drug-likeness (QED) is 0.624. The second kappa shape index (κ2) is 6.58. The highest BCUT2D eigenvalue weighted by Gasteiger charge is 2.28. The highest BCUT2D eigenvalue weighted by molar-refractivity contribution is 4.85. The summed E-state index contributed by atoms with van der Waals surface area (Å²) in [5.74, 6) is 0. The molecule has 1 aliphatic rings. The van der Waals surface area contributed by atoms with Crippen molar-refractivity contribution in [2.24, 2.45) is 11.1 Å². The van der Waals surface area contributed by atoms with E-state index in [4.69, 9.17) is 10.5 Å². The van der Waals surface area contributed by atoms with E-state index in [1.54, 1.807) is 7.11 Å². The minimum atomic E-state index is 0.408. The van der Waals surface area contributed by atoms with Gasteiger partial charge in [0.05, 0.1) is 6.10 Å². The third kappa shape index (κ3) is 4.81. The molecule has 0 bridgehead atoms. The van der Waals surface area contributed by atoms with Gasteiger partial charge in [0.15, 0.2) is 0 Å². The molecule has 0 saturated heterocycles. The highest BCUT2D eigenvalue weighted by atomic mass is 16.5. The van der Waals surface area contributed by atoms with Gasteiger partial charge in [-0.1, -0.05) is 13.8 Å². The van der Waals surface area contributed by atoms with Gasteiger partial charge in [0.1, 0.15) is 0 Å². The zero-order valence-electron chi connectivity index (χ0n) is 11.1. The first kappa shape index (κ1) is 13.9. The van der Waals surface area contributed by atoms with Gasteiger partial charge in [-0.2, -0.15) is 0 Å². The lowest BCUT2D eigenvalue weighted by Crippen LogP contribution is -2.45. The molecular weight excluding hydrogens is 200 g/mol. The van der Waals surface area contributed by atoms with E-state index in [0.29, 0.717) is 17.6 Å². The summed E-state index contributed by atoms with van der Waals surface area (Å²) in [6.07, 6.45) is 6.51. The van der Waals surface area contributed by atoms with E-state index in [1.807, 2.05) is 0 Å². The minimum absolute atomic E-state index is 0.408. The van der Waals surface area contributed by atoms with Crippen LogP contribution in [0, 0.1) is 5.41 Å². The van der Waals surface area contributed by atoms with Gasteiger partial charge in [-0.15, -0.1) is 0 Å². The lowest BCUT2D eigenvalue weighted by Gasteiger charge is -2.35. The van der Waals surface area contributed by atoms with Crippen LogP contribution in [-0.4, -0.2) is 32.3 Å². The van der Waals surface area contributed by atoms with Crippen LogP contribution < -0.4 is 11.1 Å². The van der Waals surface area contributed by atoms with Crippen LogP contribution in [0.25, 0.3) is 0 Å². The lowest BCUT2D eigenvalue weighted by molar-refractivity contribution is 0.0173. The van der Waals surface area contributed by atoms with Crippen molar-refractivity contribution < 1.29 is 4.74 Å². The summed E-state index contributed by atoms with van der Waals surface area (Å²) in [6.45, 7) is 6.56. The van der Waals surface area contributed by atoms with Crippen LogP contribution in [0.4, 0.5) is 0 Å². The predicted molar refractivity (Wildman–Crippen MR) is 68.5 cm³/mol. The van der Waals surface area contributed by atoms with E-state index in [-0.39, 0.29) is 0 Å². The third-order valence-electron chi connectivity index (χ3n) is 3.71. The SMILES string of the molecule is COC1CC(NCCCC(C)(C)CCN)C1. The van der Waals surface area contributed by atoms with E-state index >= 15 is 0 Å². The van der Waals surface area contributed by atoms with Gasteiger partial charge < -0.3 is 15.8 Å². The Morgan fingerprint density at radius 1 is 1.31 bits per heavy atom. The Morgan fingerprint density at radius 3 is 2.56 bits per heavy atom. The molecule has 0 amide bonds. The number of rotatable bonds is 8. The fourth-order valence-corrected chi connectivity index (χ4v) is 2.31. The number of nitrogens with one attached hydrogen (secondary N) is 1. The van der Waals surface area contributed by atoms with Gasteiger partial charge in [0, 0.05) is 13.2 Å². The molecule has 0 aromatic carbocycles. The Morgan fingerprint density at radius 2 is 2.00 bits per heavy atom. The molecule has 0 atom stereocenters. The summed E-state index contributed by atoms with van der Waals surface area (Å²) >= 11 is 0. The number of hydrogen-bond acceptors (Lipinski definition) is 3. The Bertz CT molecular complexity index is 188. The molecule has 3 N–H and O–H groups in total. The van der Waals surface area contributed by atoms with Crippen LogP contribution in [0.15, 0.2) is 0 Å². The molecule has 1 fully saturated rings. The van der Waals surface area contributed by atoms with E-state index in [0.717, 1.165) is 19.5 Å². The molecule has 0 radical (unpaired) electrons. The van der Waals surface area contributed by atoms with Crippen molar-refractivity contribution in [1.82, 2.24) is 5.32 Å². The van der Waals surface area contributed by atoms with Crippen LogP contribution in [0.1, 0.15) is 46.0 Å². The van der Waals surface area contributed by atoms with Crippen molar-refractivity contribution in [2.45, 2.75) is 58.1 Å². The first-order chi connectivity index (χ1) is 7.57. The van der Waals surface area contributed by atoms with Gasteiger partial charge in [0.25, 0.3) is 0 Å². The molecule has 1 rings (SSSR count). The Hall–Kier alpha value is -0.120. The zero-order chi connectivity index (χ0) is 12.0. The number of methoxy groups -OCH3 is 1. The molecule has 0 aliphatic heterocycles. The summed E-state index contributed by atoms with van der Waals surface area (Å²) in [5.41, 5.74) is 6.01. The second-order valence-electron chi connectivity index (χ2n) is 5.79. The van der Waals surface area contributed by atoms with E-state index in [9.17, 15) is 0 Å². The van der Waals surface area contributed by atoms with Gasteiger partial charge in [-0.05, 0) is 50.6 Å². The van der Waals surface area contributed by atoms with Crippen molar-refractivity contribution in [1.29, 1.82) is 0 Å². The normalized spacial score (nSPS) is 25.5. The molecule has 1 saturated carbocycles. The molecule has 0 unspecified atom stereocenters. The van der Waals surface area contributed by atoms with Gasteiger partial charge >= 0.3 is 0 Å². The smallest absolute Gasteiger partial charge is 0.0601 e. The van der Waals surface area contributed by atoms with E-state index in [1.165, 1.54) is 25.7 Å². The summed E-state index contributed by atoms with van der Waals surface area (Å²) in [5, 5.41) is 3.59. The monoisotopic (exact) mass is 228 g/mol. The molecule has 0 aromatic heterocycles. The van der Waals surface area contributed by atoms with Crippen LogP contribution in [0.2, 0.25) is 0 Å². The highest BCUT2D eigenvalue weighted by Crippen LogP contribution is 2.26. The summed E-state index contributed by atoms with van der Waals surface area (Å²) < 4.78 is 5.25. The largest absolute Gasteiger partial charge is 0.381 e. The number of ether oxygens (including phenoxy) is 1. The first-order valence-corrected chi connectivity index (χ1v) is 6.53. The molecule has 96 valence electrons.